The van der Waals surface area contributed by atoms with E-state index in [1.54, 1.807) is 0 Å². The molecular weight excluding hydrogens is 252 g/mol. The molecule has 0 amide bonds. The van der Waals surface area contributed by atoms with Gasteiger partial charge in [-0.1, -0.05) is 12.1 Å². The lowest BCUT2D eigenvalue weighted by molar-refractivity contribution is 0.692. The maximum absolute atomic E-state index is 3.51. The number of hydrogen-bond acceptors (Lipinski definition) is 3. The Morgan fingerprint density at radius 3 is 2.26 bits per heavy atom. The molecule has 0 aliphatic carbocycles. The van der Waals surface area contributed by atoms with E-state index in [0.29, 0.717) is 0 Å². The van der Waals surface area contributed by atoms with Crippen molar-refractivity contribution >= 4 is 17.0 Å². The van der Waals surface area contributed by atoms with Crippen molar-refractivity contribution in [3.8, 4) is 0 Å². The third-order valence-corrected chi connectivity index (χ3v) is 4.25. The zero-order valence-corrected chi connectivity index (χ0v) is 13.0. The Bertz CT molecular complexity index is 526. The number of hydrogen-bond donors (Lipinski definition) is 1. The minimum atomic E-state index is 0.919. The molecule has 1 aromatic heterocycles. The highest BCUT2D eigenvalue weighted by Gasteiger charge is 2.02. The fourth-order valence-electron chi connectivity index (χ4n) is 2.11. The van der Waals surface area contributed by atoms with E-state index in [2.05, 4.69) is 68.5 Å². The van der Waals surface area contributed by atoms with Crippen molar-refractivity contribution < 1.29 is 0 Å². The second-order valence-corrected chi connectivity index (χ2v) is 6.56. The summed E-state index contributed by atoms with van der Waals surface area (Å²) in [6, 6.07) is 11.0. The first-order valence-electron chi connectivity index (χ1n) is 6.59. The van der Waals surface area contributed by atoms with Gasteiger partial charge in [-0.2, -0.15) is 0 Å². The van der Waals surface area contributed by atoms with Gasteiger partial charge in [-0.15, -0.1) is 11.3 Å². The second kappa shape index (κ2) is 6.22. The number of nitrogens with zero attached hydrogens (tertiary/aromatic N) is 1. The Morgan fingerprint density at radius 1 is 1.05 bits per heavy atom. The van der Waals surface area contributed by atoms with Gasteiger partial charge < -0.3 is 10.2 Å². The molecule has 0 bridgehead atoms. The molecule has 0 atom stereocenters. The summed E-state index contributed by atoms with van der Waals surface area (Å²) in [7, 11) is 4.13. The molecule has 102 valence electrons. The van der Waals surface area contributed by atoms with Crippen molar-refractivity contribution in [1.29, 1.82) is 0 Å². The molecule has 0 saturated heterocycles. The summed E-state index contributed by atoms with van der Waals surface area (Å²) in [5.74, 6) is 0. The standard InChI is InChI=1S/C16H22N2S/c1-12-9-15(13(2)19-12)11-17-10-14-5-7-16(8-6-14)18(3)4/h5-9,17H,10-11H2,1-4H3. The first-order valence-corrected chi connectivity index (χ1v) is 7.41. The topological polar surface area (TPSA) is 15.3 Å². The minimum absolute atomic E-state index is 0.919. The molecule has 0 spiro atoms. The van der Waals surface area contributed by atoms with Crippen molar-refractivity contribution in [3.63, 3.8) is 0 Å². The number of benzene rings is 1. The van der Waals surface area contributed by atoms with Gasteiger partial charge in [0.1, 0.15) is 0 Å². The van der Waals surface area contributed by atoms with Crippen LogP contribution in [0.2, 0.25) is 0 Å². The Morgan fingerprint density at radius 2 is 1.74 bits per heavy atom. The van der Waals surface area contributed by atoms with Crippen LogP contribution in [-0.2, 0) is 13.1 Å². The SMILES string of the molecule is Cc1cc(CNCc2ccc(N(C)C)cc2)c(C)s1. The first kappa shape index (κ1) is 14.1. The van der Waals surface area contributed by atoms with Crippen LogP contribution in [0.25, 0.3) is 0 Å². The normalized spacial score (nSPS) is 10.7. The number of rotatable bonds is 5. The molecule has 1 heterocycles. The second-order valence-electron chi connectivity index (χ2n) is 5.10. The fraction of sp³-hybridized carbons (Fsp3) is 0.375. The predicted molar refractivity (Wildman–Crippen MR) is 85.1 cm³/mol. The number of thiophene rings is 1. The zero-order chi connectivity index (χ0) is 13.8. The highest BCUT2D eigenvalue weighted by atomic mass is 32.1. The summed E-state index contributed by atoms with van der Waals surface area (Å²) < 4.78 is 0. The average molecular weight is 274 g/mol. The number of nitrogens with one attached hydrogen (secondary N) is 1. The van der Waals surface area contributed by atoms with Crippen LogP contribution in [-0.4, -0.2) is 14.1 Å². The maximum Gasteiger partial charge on any atom is 0.0361 e. The minimum Gasteiger partial charge on any atom is -0.378 e. The highest BCUT2D eigenvalue weighted by molar-refractivity contribution is 7.12. The Hall–Kier alpha value is -1.32. The summed E-state index contributed by atoms with van der Waals surface area (Å²) in [4.78, 5) is 4.94. The lowest BCUT2D eigenvalue weighted by Gasteiger charge is -2.12. The molecule has 2 rings (SSSR count). The van der Waals surface area contributed by atoms with Gasteiger partial charge in [-0.25, -0.2) is 0 Å². The van der Waals surface area contributed by atoms with E-state index >= 15 is 0 Å². The lowest BCUT2D eigenvalue weighted by atomic mass is 10.2. The molecule has 19 heavy (non-hydrogen) atoms. The van der Waals surface area contributed by atoms with E-state index in [-0.39, 0.29) is 0 Å². The van der Waals surface area contributed by atoms with Gasteiger partial charge in [0.15, 0.2) is 0 Å². The van der Waals surface area contributed by atoms with Gasteiger partial charge >= 0.3 is 0 Å². The van der Waals surface area contributed by atoms with E-state index in [1.807, 2.05) is 11.3 Å². The summed E-state index contributed by atoms with van der Waals surface area (Å²) in [5.41, 5.74) is 4.00. The number of anilines is 1. The maximum atomic E-state index is 3.51. The van der Waals surface area contributed by atoms with E-state index < -0.39 is 0 Å². The van der Waals surface area contributed by atoms with E-state index in [0.717, 1.165) is 13.1 Å². The molecule has 0 unspecified atom stereocenters. The van der Waals surface area contributed by atoms with Crippen molar-refractivity contribution in [3.05, 3.63) is 51.2 Å². The molecule has 1 N–H and O–H groups in total. The van der Waals surface area contributed by atoms with Crippen LogP contribution in [0.5, 0.6) is 0 Å². The van der Waals surface area contributed by atoms with E-state index in [9.17, 15) is 0 Å². The largest absolute Gasteiger partial charge is 0.378 e. The highest BCUT2D eigenvalue weighted by Crippen LogP contribution is 2.20. The Labute approximate surface area is 120 Å². The fourth-order valence-corrected chi connectivity index (χ4v) is 3.06. The summed E-state index contributed by atoms with van der Waals surface area (Å²) in [6.45, 7) is 6.23. The molecule has 0 aliphatic heterocycles. The molecule has 0 radical (unpaired) electrons. The van der Waals surface area contributed by atoms with Crippen molar-refractivity contribution in [2.24, 2.45) is 0 Å². The molecule has 3 heteroatoms. The van der Waals surface area contributed by atoms with Crippen molar-refractivity contribution in [1.82, 2.24) is 5.32 Å². The van der Waals surface area contributed by atoms with Crippen LogP contribution in [0.15, 0.2) is 30.3 Å². The van der Waals surface area contributed by atoms with Crippen LogP contribution < -0.4 is 10.2 Å². The van der Waals surface area contributed by atoms with Crippen molar-refractivity contribution in [2.45, 2.75) is 26.9 Å². The summed E-state index contributed by atoms with van der Waals surface area (Å²) in [5, 5.41) is 3.51. The molecule has 1 aromatic carbocycles. The first-order chi connectivity index (χ1) is 9.06. The third kappa shape index (κ3) is 3.82. The predicted octanol–water partition coefficient (Wildman–Crippen LogP) is 3.72. The summed E-state index contributed by atoms with van der Waals surface area (Å²) >= 11 is 1.88. The Kier molecular flexibility index (Phi) is 4.61. The summed E-state index contributed by atoms with van der Waals surface area (Å²) in [6.07, 6.45) is 0. The van der Waals surface area contributed by atoms with Crippen LogP contribution >= 0.6 is 11.3 Å². The van der Waals surface area contributed by atoms with Gasteiger partial charge in [-0.05, 0) is 43.2 Å². The van der Waals surface area contributed by atoms with Gasteiger partial charge in [0.05, 0.1) is 0 Å². The quantitative estimate of drug-likeness (QED) is 0.894. The van der Waals surface area contributed by atoms with Gasteiger partial charge in [-0.3, -0.25) is 0 Å². The molecule has 0 fully saturated rings. The van der Waals surface area contributed by atoms with E-state index in [1.165, 1.54) is 26.6 Å². The smallest absolute Gasteiger partial charge is 0.0361 e. The van der Waals surface area contributed by atoms with Gasteiger partial charge in [0.2, 0.25) is 0 Å². The monoisotopic (exact) mass is 274 g/mol. The van der Waals surface area contributed by atoms with Crippen LogP contribution in [0, 0.1) is 13.8 Å². The molecule has 0 aliphatic rings. The Balaban J connectivity index is 1.87. The zero-order valence-electron chi connectivity index (χ0n) is 12.2. The third-order valence-electron chi connectivity index (χ3n) is 3.24. The van der Waals surface area contributed by atoms with E-state index in [4.69, 9.17) is 0 Å². The van der Waals surface area contributed by atoms with Crippen LogP contribution in [0.3, 0.4) is 0 Å². The molecule has 2 aromatic rings. The lowest BCUT2D eigenvalue weighted by Crippen LogP contribution is -2.13. The van der Waals surface area contributed by atoms with Crippen LogP contribution in [0.4, 0.5) is 5.69 Å². The molecular formula is C16H22N2S. The van der Waals surface area contributed by atoms with Crippen LogP contribution in [0.1, 0.15) is 20.9 Å². The van der Waals surface area contributed by atoms with Gasteiger partial charge in [0, 0.05) is 42.6 Å². The average Bonchev–Trinajstić information content (AvgIpc) is 2.68. The number of aryl methyl sites for hydroxylation is 2. The molecule has 0 saturated carbocycles. The van der Waals surface area contributed by atoms with Gasteiger partial charge in [0.25, 0.3) is 0 Å². The molecule has 2 nitrogen and oxygen atoms in total. The van der Waals surface area contributed by atoms with Crippen molar-refractivity contribution in [2.75, 3.05) is 19.0 Å².